The summed E-state index contributed by atoms with van der Waals surface area (Å²) in [4.78, 5) is 0. The number of benzene rings is 3. The van der Waals surface area contributed by atoms with Crippen molar-refractivity contribution in [1.29, 1.82) is 0 Å². The summed E-state index contributed by atoms with van der Waals surface area (Å²) >= 11 is 0. The van der Waals surface area contributed by atoms with Gasteiger partial charge in [0, 0.05) is 17.0 Å². The van der Waals surface area contributed by atoms with Gasteiger partial charge in [0.1, 0.15) is 0 Å². The molecule has 2 nitrogen and oxygen atoms in total. The number of fused-ring (bicyclic) bond motifs is 4. The standard InChI is InChI=1S/C18H15NO/c20-11-16-14-7-3-4-8-17(14)19-18-13-6-2-1-5-12(13)9-10-15(16)18/h1-10,16,19-20H,11H2/t16-/m1/s1. The van der Waals surface area contributed by atoms with Crippen LogP contribution in [0.2, 0.25) is 0 Å². The van der Waals surface area contributed by atoms with Crippen molar-refractivity contribution in [2.75, 3.05) is 11.9 Å². The lowest BCUT2D eigenvalue weighted by Crippen LogP contribution is -2.15. The molecule has 4 rings (SSSR count). The molecule has 20 heavy (non-hydrogen) atoms. The van der Waals surface area contributed by atoms with E-state index in [1.165, 1.54) is 16.3 Å². The van der Waals surface area contributed by atoms with Crippen molar-refractivity contribution < 1.29 is 5.11 Å². The van der Waals surface area contributed by atoms with Crippen LogP contribution in [-0.2, 0) is 0 Å². The van der Waals surface area contributed by atoms with E-state index in [4.69, 9.17) is 0 Å². The van der Waals surface area contributed by atoms with Crippen molar-refractivity contribution in [2.45, 2.75) is 5.92 Å². The van der Waals surface area contributed by atoms with E-state index in [-0.39, 0.29) is 12.5 Å². The van der Waals surface area contributed by atoms with Gasteiger partial charge in [-0.3, -0.25) is 0 Å². The zero-order valence-corrected chi connectivity index (χ0v) is 11.0. The lowest BCUT2D eigenvalue weighted by Gasteiger charge is -2.29. The van der Waals surface area contributed by atoms with E-state index in [0.29, 0.717) is 0 Å². The first kappa shape index (κ1) is 11.5. The zero-order chi connectivity index (χ0) is 13.5. The Morgan fingerprint density at radius 2 is 1.65 bits per heavy atom. The first-order chi connectivity index (χ1) is 9.88. The maximum Gasteiger partial charge on any atom is 0.0542 e. The van der Waals surface area contributed by atoms with E-state index in [0.717, 1.165) is 16.9 Å². The minimum absolute atomic E-state index is 0.0482. The molecule has 0 saturated carbocycles. The van der Waals surface area contributed by atoms with E-state index < -0.39 is 0 Å². The van der Waals surface area contributed by atoms with Gasteiger partial charge in [-0.25, -0.2) is 0 Å². The molecule has 0 saturated heterocycles. The Morgan fingerprint density at radius 3 is 2.55 bits per heavy atom. The van der Waals surface area contributed by atoms with Gasteiger partial charge in [0.15, 0.2) is 0 Å². The molecule has 0 unspecified atom stereocenters. The third-order valence-electron chi connectivity index (χ3n) is 4.12. The third kappa shape index (κ3) is 1.55. The summed E-state index contributed by atoms with van der Waals surface area (Å²) in [7, 11) is 0. The molecular weight excluding hydrogens is 246 g/mol. The summed E-state index contributed by atoms with van der Waals surface area (Å²) in [5.74, 6) is 0.0482. The Labute approximate surface area is 117 Å². The van der Waals surface area contributed by atoms with Gasteiger partial charge < -0.3 is 10.4 Å². The van der Waals surface area contributed by atoms with Gasteiger partial charge in [0.05, 0.1) is 12.3 Å². The van der Waals surface area contributed by atoms with Crippen LogP contribution in [0.5, 0.6) is 0 Å². The maximum absolute atomic E-state index is 9.83. The predicted molar refractivity (Wildman–Crippen MR) is 82.6 cm³/mol. The molecule has 1 aliphatic rings. The molecule has 3 aromatic carbocycles. The highest BCUT2D eigenvalue weighted by Gasteiger charge is 2.25. The lowest BCUT2D eigenvalue weighted by molar-refractivity contribution is 0.280. The number of hydrogen-bond donors (Lipinski definition) is 2. The maximum atomic E-state index is 9.83. The van der Waals surface area contributed by atoms with Gasteiger partial charge in [-0.1, -0.05) is 54.6 Å². The molecule has 1 heterocycles. The van der Waals surface area contributed by atoms with Crippen LogP contribution in [0.3, 0.4) is 0 Å². The van der Waals surface area contributed by atoms with Crippen molar-refractivity contribution in [2.24, 2.45) is 0 Å². The number of aliphatic hydroxyl groups is 1. The Kier molecular flexibility index (Phi) is 2.51. The van der Waals surface area contributed by atoms with Gasteiger partial charge in [-0.15, -0.1) is 0 Å². The van der Waals surface area contributed by atoms with Gasteiger partial charge in [-0.2, -0.15) is 0 Å². The Hall–Kier alpha value is -2.32. The third-order valence-corrected chi connectivity index (χ3v) is 4.12. The summed E-state index contributed by atoms with van der Waals surface area (Å²) in [5.41, 5.74) is 4.55. The van der Waals surface area contributed by atoms with E-state index in [1.807, 2.05) is 12.1 Å². The van der Waals surface area contributed by atoms with E-state index in [2.05, 4.69) is 53.8 Å². The Bertz CT molecular complexity index is 794. The van der Waals surface area contributed by atoms with E-state index >= 15 is 0 Å². The number of para-hydroxylation sites is 1. The van der Waals surface area contributed by atoms with Crippen LogP contribution in [0, 0.1) is 0 Å². The monoisotopic (exact) mass is 261 g/mol. The normalized spacial score (nSPS) is 16.4. The summed E-state index contributed by atoms with van der Waals surface area (Å²) in [6, 6.07) is 20.8. The van der Waals surface area contributed by atoms with E-state index in [9.17, 15) is 5.11 Å². The van der Waals surface area contributed by atoms with Crippen LogP contribution in [0.4, 0.5) is 11.4 Å². The largest absolute Gasteiger partial charge is 0.395 e. The predicted octanol–water partition coefficient (Wildman–Crippen LogP) is 4.02. The number of hydrogen-bond acceptors (Lipinski definition) is 2. The molecule has 0 fully saturated rings. The van der Waals surface area contributed by atoms with Gasteiger partial charge in [0.25, 0.3) is 0 Å². The molecule has 2 N–H and O–H groups in total. The van der Waals surface area contributed by atoms with Crippen LogP contribution in [0.1, 0.15) is 17.0 Å². The summed E-state index contributed by atoms with van der Waals surface area (Å²) < 4.78 is 0. The fraction of sp³-hybridized carbons (Fsp3) is 0.111. The number of nitrogens with one attached hydrogen (secondary N) is 1. The highest BCUT2D eigenvalue weighted by atomic mass is 16.3. The second-order valence-corrected chi connectivity index (χ2v) is 5.20. The summed E-state index contributed by atoms with van der Waals surface area (Å²) in [5, 5.41) is 15.8. The van der Waals surface area contributed by atoms with Crippen LogP contribution >= 0.6 is 0 Å². The average Bonchev–Trinajstić information content (AvgIpc) is 2.52. The fourth-order valence-corrected chi connectivity index (χ4v) is 3.13. The van der Waals surface area contributed by atoms with Crippen molar-refractivity contribution in [1.82, 2.24) is 0 Å². The fourth-order valence-electron chi connectivity index (χ4n) is 3.13. The van der Waals surface area contributed by atoms with Crippen molar-refractivity contribution in [3.63, 3.8) is 0 Å². The van der Waals surface area contributed by atoms with Crippen molar-refractivity contribution in [3.05, 3.63) is 71.8 Å². The molecule has 0 bridgehead atoms. The number of aliphatic hydroxyl groups excluding tert-OH is 1. The molecule has 0 radical (unpaired) electrons. The minimum atomic E-state index is 0.0482. The quantitative estimate of drug-likeness (QED) is 0.693. The smallest absolute Gasteiger partial charge is 0.0542 e. The molecule has 1 aliphatic heterocycles. The molecule has 98 valence electrons. The topological polar surface area (TPSA) is 32.3 Å². The number of rotatable bonds is 1. The van der Waals surface area contributed by atoms with Crippen molar-refractivity contribution >= 4 is 22.1 Å². The summed E-state index contributed by atoms with van der Waals surface area (Å²) in [6.07, 6.45) is 0. The van der Waals surface area contributed by atoms with Crippen molar-refractivity contribution in [3.8, 4) is 0 Å². The van der Waals surface area contributed by atoms with Crippen LogP contribution in [0.25, 0.3) is 10.8 Å². The molecule has 2 heteroatoms. The second-order valence-electron chi connectivity index (χ2n) is 5.20. The average molecular weight is 261 g/mol. The Morgan fingerprint density at radius 1 is 0.850 bits per heavy atom. The number of anilines is 2. The van der Waals surface area contributed by atoms with Crippen LogP contribution < -0.4 is 5.32 Å². The molecule has 0 aromatic heterocycles. The van der Waals surface area contributed by atoms with Gasteiger partial charge in [0.2, 0.25) is 0 Å². The zero-order valence-electron chi connectivity index (χ0n) is 11.0. The van der Waals surface area contributed by atoms with Gasteiger partial charge in [-0.05, 0) is 22.6 Å². The molecule has 0 spiro atoms. The molecule has 0 aliphatic carbocycles. The SMILES string of the molecule is OC[C@@H]1c2ccccc2Nc2c1ccc1ccccc21. The lowest BCUT2D eigenvalue weighted by atomic mass is 9.85. The van der Waals surface area contributed by atoms with Crippen LogP contribution in [-0.4, -0.2) is 11.7 Å². The molecule has 3 aromatic rings. The summed E-state index contributed by atoms with van der Waals surface area (Å²) in [6.45, 7) is 0.129. The van der Waals surface area contributed by atoms with Crippen LogP contribution in [0.15, 0.2) is 60.7 Å². The Balaban J connectivity index is 2.02. The first-order valence-corrected chi connectivity index (χ1v) is 6.87. The molecule has 1 atom stereocenters. The highest BCUT2D eigenvalue weighted by molar-refractivity contribution is 5.99. The highest BCUT2D eigenvalue weighted by Crippen LogP contribution is 2.43. The minimum Gasteiger partial charge on any atom is -0.395 e. The molecule has 0 amide bonds. The first-order valence-electron chi connectivity index (χ1n) is 6.87. The molecular formula is C18H15NO. The second kappa shape index (κ2) is 4.36. The van der Waals surface area contributed by atoms with E-state index in [1.54, 1.807) is 0 Å². The van der Waals surface area contributed by atoms with Gasteiger partial charge >= 0.3 is 0 Å².